The van der Waals surface area contributed by atoms with Crippen LogP contribution in [0.4, 0.5) is 0 Å². The predicted octanol–water partition coefficient (Wildman–Crippen LogP) is 1.63. The number of hydrogen-bond acceptors (Lipinski definition) is 3. The Bertz CT molecular complexity index is 383. The molecule has 2 heterocycles. The summed E-state index contributed by atoms with van der Waals surface area (Å²) in [6.45, 7) is 0. The minimum Gasteiger partial charge on any atom is -0.262 e. The van der Waals surface area contributed by atoms with Crippen molar-refractivity contribution in [3.8, 4) is 0 Å². The van der Waals surface area contributed by atoms with E-state index in [1.54, 1.807) is 18.7 Å². The van der Waals surface area contributed by atoms with E-state index in [9.17, 15) is 0 Å². The van der Waals surface area contributed by atoms with Crippen LogP contribution in [0.1, 0.15) is 0 Å². The third-order valence-electron chi connectivity index (χ3n) is 1.39. The van der Waals surface area contributed by atoms with Gasteiger partial charge in [-0.05, 0) is 28.7 Å². The van der Waals surface area contributed by atoms with Gasteiger partial charge in [0.2, 0.25) is 0 Å². The summed E-state index contributed by atoms with van der Waals surface area (Å²) < 4.78 is 0.968. The van der Waals surface area contributed by atoms with E-state index in [0.717, 1.165) is 14.6 Å². The minimum atomic E-state index is 0.895. The maximum atomic E-state index is 4.06. The Hall–Kier alpha value is -0.780. The molecule has 2 aromatic heterocycles. The van der Waals surface area contributed by atoms with Crippen LogP contribution in [0.3, 0.4) is 0 Å². The van der Waals surface area contributed by atoms with Gasteiger partial charge in [-0.15, -0.1) is 0 Å². The molecule has 2 aromatic rings. The summed E-state index contributed by atoms with van der Waals surface area (Å²) in [5.41, 5.74) is 0.895. The van der Waals surface area contributed by atoms with Gasteiger partial charge < -0.3 is 0 Å². The van der Waals surface area contributed by atoms with Crippen molar-refractivity contribution in [3.63, 3.8) is 0 Å². The summed E-state index contributed by atoms with van der Waals surface area (Å²) in [4.78, 5) is 12.1. The topological polar surface area (TPSA) is 38.7 Å². The summed E-state index contributed by atoms with van der Waals surface area (Å²) in [5, 5.41) is 1.06. The summed E-state index contributed by atoms with van der Waals surface area (Å²) >= 11 is 2.18. The second-order valence-corrected chi connectivity index (χ2v) is 3.08. The Morgan fingerprint density at radius 2 is 2.18 bits per heavy atom. The van der Waals surface area contributed by atoms with Crippen LogP contribution in [0.15, 0.2) is 24.8 Å². The van der Waals surface area contributed by atoms with Gasteiger partial charge in [0.05, 0.1) is 11.7 Å². The third-order valence-corrected chi connectivity index (χ3v) is 2.25. The molecule has 2 rings (SSSR count). The third kappa shape index (κ3) is 1.18. The van der Waals surface area contributed by atoms with E-state index >= 15 is 0 Å². The molecule has 0 saturated heterocycles. The number of aromatic nitrogens is 3. The zero-order valence-electron chi connectivity index (χ0n) is 5.53. The van der Waals surface area contributed by atoms with E-state index < -0.39 is 0 Å². The molecule has 0 fully saturated rings. The molecule has 0 radical (unpaired) electrons. The van der Waals surface area contributed by atoms with Crippen molar-refractivity contribution < 1.29 is 0 Å². The van der Waals surface area contributed by atoms with E-state index in [0.29, 0.717) is 0 Å². The van der Waals surface area contributed by atoms with E-state index in [2.05, 4.69) is 37.5 Å². The van der Waals surface area contributed by atoms with E-state index in [1.165, 1.54) is 0 Å². The summed E-state index contributed by atoms with van der Waals surface area (Å²) in [7, 11) is 0. The maximum Gasteiger partial charge on any atom is 0.117 e. The lowest BCUT2D eigenvalue weighted by Crippen LogP contribution is -1.86. The first-order valence-electron chi connectivity index (χ1n) is 3.08. The number of fused-ring (bicyclic) bond motifs is 1. The van der Waals surface area contributed by atoms with Gasteiger partial charge in [0.1, 0.15) is 10.0 Å². The second kappa shape index (κ2) is 2.69. The molecule has 0 amide bonds. The number of nitrogens with zero attached hydrogens (tertiary/aromatic N) is 3. The van der Waals surface area contributed by atoms with E-state index in [4.69, 9.17) is 0 Å². The molecule has 0 bridgehead atoms. The summed E-state index contributed by atoms with van der Waals surface area (Å²) in [5.74, 6) is 0. The summed E-state index contributed by atoms with van der Waals surface area (Å²) in [6.07, 6.45) is 5.03. The largest absolute Gasteiger partial charge is 0.262 e. The van der Waals surface area contributed by atoms with Gasteiger partial charge in [-0.1, -0.05) is 0 Å². The highest BCUT2D eigenvalue weighted by Gasteiger charge is 1.97. The molecule has 0 aromatic carbocycles. The van der Waals surface area contributed by atoms with Crippen LogP contribution in [0.5, 0.6) is 0 Å². The first-order chi connectivity index (χ1) is 5.38. The van der Waals surface area contributed by atoms with Crippen LogP contribution >= 0.6 is 22.6 Å². The molecule has 0 aliphatic carbocycles. The zero-order chi connectivity index (χ0) is 7.68. The fourth-order valence-corrected chi connectivity index (χ4v) is 1.46. The molecule has 0 aliphatic heterocycles. The zero-order valence-corrected chi connectivity index (χ0v) is 7.69. The molecule has 0 saturated carbocycles. The molecule has 0 atom stereocenters. The molecule has 11 heavy (non-hydrogen) atoms. The lowest BCUT2D eigenvalue weighted by molar-refractivity contribution is 1.17. The molecule has 0 aliphatic rings. The molecule has 0 unspecified atom stereocenters. The van der Waals surface area contributed by atoms with E-state index in [1.807, 2.05) is 6.07 Å². The Morgan fingerprint density at radius 3 is 3.00 bits per heavy atom. The monoisotopic (exact) mass is 257 g/mol. The Balaban J connectivity index is 2.91. The Kier molecular flexibility index (Phi) is 1.69. The molecular weight excluding hydrogens is 253 g/mol. The van der Waals surface area contributed by atoms with Crippen LogP contribution in [-0.4, -0.2) is 15.0 Å². The minimum absolute atomic E-state index is 0.895. The molecule has 3 nitrogen and oxygen atoms in total. The number of pyridine rings is 1. The Labute approximate surface area is 77.0 Å². The molecule has 0 spiro atoms. The highest BCUT2D eigenvalue weighted by atomic mass is 127. The highest BCUT2D eigenvalue weighted by Crippen LogP contribution is 2.13. The van der Waals surface area contributed by atoms with Gasteiger partial charge >= 0.3 is 0 Å². The van der Waals surface area contributed by atoms with Crippen LogP contribution in [-0.2, 0) is 0 Å². The fraction of sp³-hybridized carbons (Fsp3) is 0. The number of rotatable bonds is 0. The molecule has 4 heteroatoms. The van der Waals surface area contributed by atoms with Crippen molar-refractivity contribution in [2.75, 3.05) is 0 Å². The van der Waals surface area contributed by atoms with Crippen molar-refractivity contribution >= 4 is 33.5 Å². The smallest absolute Gasteiger partial charge is 0.117 e. The van der Waals surface area contributed by atoms with E-state index in [-0.39, 0.29) is 0 Å². The van der Waals surface area contributed by atoms with Crippen LogP contribution in [0, 0.1) is 3.70 Å². The summed E-state index contributed by atoms with van der Waals surface area (Å²) in [6, 6.07) is 1.91. The maximum absolute atomic E-state index is 4.06. The average Bonchev–Trinajstić information content (AvgIpc) is 2.06. The Morgan fingerprint density at radius 1 is 1.27 bits per heavy atom. The van der Waals surface area contributed by atoms with Gasteiger partial charge in [-0.3, -0.25) is 4.98 Å². The second-order valence-electron chi connectivity index (χ2n) is 2.06. The average molecular weight is 257 g/mol. The van der Waals surface area contributed by atoms with Gasteiger partial charge in [0.15, 0.2) is 0 Å². The fourth-order valence-electron chi connectivity index (χ4n) is 0.875. The van der Waals surface area contributed by atoms with Crippen LogP contribution in [0.25, 0.3) is 10.9 Å². The van der Waals surface area contributed by atoms with Gasteiger partial charge in [-0.25, -0.2) is 9.97 Å². The molecule has 54 valence electrons. The standard InChI is InChI=1S/C7H4IN3/c8-7-5-1-2-9-3-6(5)10-4-11-7/h1-4H. The quantitative estimate of drug-likeness (QED) is 0.531. The van der Waals surface area contributed by atoms with Crippen molar-refractivity contribution in [2.24, 2.45) is 0 Å². The number of hydrogen-bond donors (Lipinski definition) is 0. The van der Waals surface area contributed by atoms with Crippen molar-refractivity contribution in [1.29, 1.82) is 0 Å². The molecule has 0 N–H and O–H groups in total. The first-order valence-corrected chi connectivity index (χ1v) is 4.16. The first kappa shape index (κ1) is 6.90. The predicted molar refractivity (Wildman–Crippen MR) is 50.1 cm³/mol. The lowest BCUT2D eigenvalue weighted by atomic mass is 10.3. The van der Waals surface area contributed by atoms with Crippen LogP contribution < -0.4 is 0 Å². The normalized spacial score (nSPS) is 10.3. The highest BCUT2D eigenvalue weighted by molar-refractivity contribution is 14.1. The lowest BCUT2D eigenvalue weighted by Gasteiger charge is -1.95. The molecular formula is C7H4IN3. The van der Waals surface area contributed by atoms with Gasteiger partial charge in [0, 0.05) is 11.6 Å². The van der Waals surface area contributed by atoms with Crippen molar-refractivity contribution in [2.45, 2.75) is 0 Å². The van der Waals surface area contributed by atoms with Gasteiger partial charge in [-0.2, -0.15) is 0 Å². The van der Waals surface area contributed by atoms with Crippen LogP contribution in [0.2, 0.25) is 0 Å². The van der Waals surface area contributed by atoms with Gasteiger partial charge in [0.25, 0.3) is 0 Å². The number of halogens is 1. The van der Waals surface area contributed by atoms with Crippen molar-refractivity contribution in [3.05, 3.63) is 28.5 Å². The van der Waals surface area contributed by atoms with Crippen molar-refractivity contribution in [1.82, 2.24) is 15.0 Å². The SMILES string of the molecule is Ic1ncnc2cnccc12.